The van der Waals surface area contributed by atoms with Crippen LogP contribution in [0.25, 0.3) is 62.5 Å². The number of hydrogen-bond acceptors (Lipinski definition) is 6. The number of rotatable bonds is 5. The molecule has 9 rings (SSSR count). The van der Waals surface area contributed by atoms with Crippen LogP contribution in [0.3, 0.4) is 0 Å². The first-order chi connectivity index (χ1) is 26.9. The van der Waals surface area contributed by atoms with E-state index >= 15 is 0 Å². The number of allylic oxidation sites excluding steroid dienone is 5. The maximum Gasteiger partial charge on any atom is 0.248 e. The molecule has 2 aromatic heterocycles. The molecule has 2 aliphatic carbocycles. The number of fused-ring (bicyclic) bond motifs is 7. The minimum absolute atomic E-state index is 0.0502. The standard InChI is InChI=1S/C50H44N4O2/c1-9-10-13-37-30(2)50(42-28-33(20-26-39(37)42)46-53-51-44(55-46)31-16-22-35(23-17-31)48(3,4)5)41-15-12-11-14-38(41)40-27-21-34(29-43(40)50)47-54-52-45(56-47)32-18-24-36(25-19-32)49(6,7)8/h9-29H,2H2,1,3-8H3/b10-9-,37-13+/t50-/m0/s1. The predicted molar refractivity (Wildman–Crippen MR) is 225 cm³/mol. The zero-order valence-electron chi connectivity index (χ0n) is 32.9. The van der Waals surface area contributed by atoms with Gasteiger partial charge in [0, 0.05) is 22.3 Å². The van der Waals surface area contributed by atoms with Crippen LogP contribution < -0.4 is 0 Å². The Hall–Kier alpha value is -6.40. The summed E-state index contributed by atoms with van der Waals surface area (Å²) in [6.07, 6.45) is 6.30. The third kappa shape index (κ3) is 5.54. The Kier molecular flexibility index (Phi) is 8.10. The van der Waals surface area contributed by atoms with Crippen LogP contribution in [0.15, 0.2) is 148 Å². The first-order valence-corrected chi connectivity index (χ1v) is 19.2. The van der Waals surface area contributed by atoms with Gasteiger partial charge in [-0.3, -0.25) is 0 Å². The average molecular weight is 733 g/mol. The molecule has 5 aromatic carbocycles. The van der Waals surface area contributed by atoms with Gasteiger partial charge < -0.3 is 8.83 Å². The van der Waals surface area contributed by atoms with Gasteiger partial charge in [0.05, 0.1) is 5.41 Å². The summed E-state index contributed by atoms with van der Waals surface area (Å²) >= 11 is 0. The van der Waals surface area contributed by atoms with Crippen LogP contribution in [-0.2, 0) is 16.2 Å². The van der Waals surface area contributed by atoms with Crippen LogP contribution >= 0.6 is 0 Å². The minimum atomic E-state index is -0.696. The quantitative estimate of drug-likeness (QED) is 0.175. The van der Waals surface area contributed by atoms with E-state index in [1.54, 1.807) is 0 Å². The summed E-state index contributed by atoms with van der Waals surface area (Å²) in [4.78, 5) is 0. The molecule has 56 heavy (non-hydrogen) atoms. The van der Waals surface area contributed by atoms with Crippen molar-refractivity contribution in [3.8, 4) is 56.9 Å². The lowest BCUT2D eigenvalue weighted by atomic mass is 9.70. The molecule has 0 bridgehead atoms. The second-order valence-electron chi connectivity index (χ2n) is 16.9. The van der Waals surface area contributed by atoms with E-state index in [0.717, 1.165) is 55.7 Å². The molecule has 0 saturated heterocycles. The molecule has 7 aromatic rings. The zero-order chi connectivity index (χ0) is 39.0. The van der Waals surface area contributed by atoms with Crippen LogP contribution in [0.1, 0.15) is 81.8 Å². The molecule has 6 nitrogen and oxygen atoms in total. The lowest BCUT2D eigenvalue weighted by Crippen LogP contribution is -2.25. The lowest BCUT2D eigenvalue weighted by molar-refractivity contribution is 0.581. The maximum atomic E-state index is 6.39. The fraction of sp³-hybridized carbons (Fsp3) is 0.200. The maximum absolute atomic E-state index is 6.39. The van der Waals surface area contributed by atoms with Crippen LogP contribution in [-0.4, -0.2) is 20.4 Å². The number of nitrogens with zero attached hydrogens (tertiary/aromatic N) is 4. The lowest BCUT2D eigenvalue weighted by Gasteiger charge is -2.30. The Bertz CT molecular complexity index is 2730. The normalized spacial score (nSPS) is 16.9. The van der Waals surface area contributed by atoms with Crippen molar-refractivity contribution < 1.29 is 8.83 Å². The van der Waals surface area contributed by atoms with Gasteiger partial charge in [-0.15, -0.1) is 20.4 Å². The number of aromatic nitrogens is 4. The molecule has 6 heteroatoms. The molecule has 0 aliphatic heterocycles. The topological polar surface area (TPSA) is 77.8 Å². The molecule has 276 valence electrons. The fourth-order valence-corrected chi connectivity index (χ4v) is 8.30. The predicted octanol–water partition coefficient (Wildman–Crippen LogP) is 12.6. The summed E-state index contributed by atoms with van der Waals surface area (Å²) in [6.45, 7) is 20.1. The van der Waals surface area contributed by atoms with Gasteiger partial charge in [0.2, 0.25) is 23.6 Å². The molecule has 1 spiro atoms. The molecule has 2 aliphatic rings. The second-order valence-corrected chi connectivity index (χ2v) is 16.9. The highest BCUT2D eigenvalue weighted by atomic mass is 16.4. The molecule has 0 fully saturated rings. The monoisotopic (exact) mass is 732 g/mol. The molecule has 2 heterocycles. The first-order valence-electron chi connectivity index (χ1n) is 19.2. The summed E-state index contributed by atoms with van der Waals surface area (Å²) in [7, 11) is 0. The highest BCUT2D eigenvalue weighted by molar-refractivity contribution is 6.00. The van der Waals surface area contributed by atoms with Gasteiger partial charge in [-0.2, -0.15) is 0 Å². The van der Waals surface area contributed by atoms with Crippen LogP contribution in [0.2, 0.25) is 0 Å². The van der Waals surface area contributed by atoms with Crippen LogP contribution in [0.5, 0.6) is 0 Å². The zero-order valence-corrected chi connectivity index (χ0v) is 32.9. The Morgan fingerprint density at radius 2 is 0.946 bits per heavy atom. The summed E-state index contributed by atoms with van der Waals surface area (Å²) in [6, 6.07) is 38.3. The first kappa shape index (κ1) is 35.3. The molecule has 0 unspecified atom stereocenters. The smallest absolute Gasteiger partial charge is 0.248 e. The van der Waals surface area contributed by atoms with E-state index in [2.05, 4.69) is 183 Å². The van der Waals surface area contributed by atoms with Crippen LogP contribution in [0.4, 0.5) is 0 Å². The van der Waals surface area contributed by atoms with Crippen molar-refractivity contribution in [1.29, 1.82) is 0 Å². The largest absolute Gasteiger partial charge is 0.416 e. The van der Waals surface area contributed by atoms with Gasteiger partial charge in [-0.25, -0.2) is 0 Å². The number of hydrogen-bond donors (Lipinski definition) is 0. The van der Waals surface area contributed by atoms with Crippen molar-refractivity contribution in [2.45, 2.75) is 64.7 Å². The van der Waals surface area contributed by atoms with Gasteiger partial charge in [-0.05, 0) is 122 Å². The molecule has 0 saturated carbocycles. The summed E-state index contributed by atoms with van der Waals surface area (Å²) in [5.74, 6) is 1.90. The van der Waals surface area contributed by atoms with Crippen molar-refractivity contribution in [3.05, 3.63) is 173 Å². The van der Waals surface area contributed by atoms with E-state index in [9.17, 15) is 0 Å². The van der Waals surface area contributed by atoms with Gasteiger partial charge in [0.15, 0.2) is 0 Å². The van der Waals surface area contributed by atoms with Crippen molar-refractivity contribution in [2.75, 3.05) is 0 Å². The molecule has 0 amide bonds. The van der Waals surface area contributed by atoms with Gasteiger partial charge in [0.25, 0.3) is 0 Å². The van der Waals surface area contributed by atoms with Gasteiger partial charge in [-0.1, -0.05) is 127 Å². The average Bonchev–Trinajstić information content (AvgIpc) is 3.99. The van der Waals surface area contributed by atoms with Gasteiger partial charge in [0.1, 0.15) is 0 Å². The Labute approximate surface area is 328 Å². The van der Waals surface area contributed by atoms with Crippen molar-refractivity contribution >= 4 is 5.57 Å². The summed E-state index contributed by atoms with van der Waals surface area (Å²) < 4.78 is 12.8. The SMILES string of the molecule is C=C1/C(=C\C=C/C)c2ccc(-c3nnc(-c4ccc(C(C)(C)C)cc4)o3)cc2[C@@]12c1ccccc1-c1ccc(-c3nnc(-c4ccc(C(C)(C)C)cc4)o3)cc12. The summed E-state index contributed by atoms with van der Waals surface area (Å²) in [5, 5.41) is 18.1. The molecular formula is C50H44N4O2. The Balaban J connectivity index is 1.17. The van der Waals surface area contributed by atoms with Crippen LogP contribution in [0, 0.1) is 0 Å². The summed E-state index contributed by atoms with van der Waals surface area (Å²) in [5.41, 5.74) is 14.3. The van der Waals surface area contributed by atoms with Crippen molar-refractivity contribution in [3.63, 3.8) is 0 Å². The molecule has 1 atom stereocenters. The minimum Gasteiger partial charge on any atom is -0.416 e. The Morgan fingerprint density at radius 3 is 1.45 bits per heavy atom. The van der Waals surface area contributed by atoms with Gasteiger partial charge >= 0.3 is 0 Å². The second kappa shape index (κ2) is 12.8. The Morgan fingerprint density at radius 1 is 0.518 bits per heavy atom. The van der Waals surface area contributed by atoms with E-state index in [1.165, 1.54) is 22.3 Å². The molecule has 0 radical (unpaired) electrons. The van der Waals surface area contributed by atoms with Crippen molar-refractivity contribution in [1.82, 2.24) is 20.4 Å². The van der Waals surface area contributed by atoms with E-state index in [1.807, 2.05) is 13.0 Å². The number of benzene rings is 5. The van der Waals surface area contributed by atoms with E-state index in [0.29, 0.717) is 23.6 Å². The van der Waals surface area contributed by atoms with E-state index in [4.69, 9.17) is 15.4 Å². The highest BCUT2D eigenvalue weighted by Gasteiger charge is 2.53. The van der Waals surface area contributed by atoms with Crippen molar-refractivity contribution in [2.24, 2.45) is 0 Å². The fourth-order valence-electron chi connectivity index (χ4n) is 8.30. The third-order valence-corrected chi connectivity index (χ3v) is 11.3. The highest BCUT2D eigenvalue weighted by Crippen LogP contribution is 2.64. The van der Waals surface area contributed by atoms with E-state index < -0.39 is 5.41 Å². The molecule has 0 N–H and O–H groups in total. The molecular weight excluding hydrogens is 689 g/mol. The third-order valence-electron chi connectivity index (χ3n) is 11.3. The van der Waals surface area contributed by atoms with E-state index in [-0.39, 0.29) is 10.8 Å².